The zero-order valence-corrected chi connectivity index (χ0v) is 5.11. The van der Waals surface area contributed by atoms with Gasteiger partial charge in [0.2, 0.25) is 0 Å². The highest BCUT2D eigenvalue weighted by atomic mass is 16.1. The quantitative estimate of drug-likeness (QED) is 0.533. The first-order valence-corrected chi connectivity index (χ1v) is 2.67. The van der Waals surface area contributed by atoms with Gasteiger partial charge in [-0.05, 0) is 12.6 Å². The first-order chi connectivity index (χ1) is 3.81. The molecule has 0 saturated heterocycles. The van der Waals surface area contributed by atoms with Gasteiger partial charge in [-0.2, -0.15) is 0 Å². The van der Waals surface area contributed by atoms with Gasteiger partial charge in [0.25, 0.3) is 0 Å². The molecule has 0 amide bonds. The van der Waals surface area contributed by atoms with Gasteiger partial charge in [-0.25, -0.2) is 0 Å². The van der Waals surface area contributed by atoms with Crippen LogP contribution in [0.3, 0.4) is 0 Å². The lowest BCUT2D eigenvalue weighted by molar-refractivity contribution is -0.113. The van der Waals surface area contributed by atoms with E-state index in [-0.39, 0.29) is 5.78 Å². The van der Waals surface area contributed by atoms with E-state index in [9.17, 15) is 4.79 Å². The fourth-order valence-corrected chi connectivity index (χ4v) is 0.320. The van der Waals surface area contributed by atoms with Crippen LogP contribution in [0.5, 0.6) is 0 Å². The van der Waals surface area contributed by atoms with E-state index in [1.54, 1.807) is 0 Å². The molecule has 2 nitrogen and oxygen atoms in total. The molecule has 0 radical (unpaired) electrons. The zero-order valence-electron chi connectivity index (χ0n) is 5.11. The summed E-state index contributed by atoms with van der Waals surface area (Å²) in [5.74, 6) is 0.0480. The van der Waals surface area contributed by atoms with E-state index in [0.29, 0.717) is 6.54 Å². The number of carbonyl (C=O) groups excluding carboxylic acids is 1. The van der Waals surface area contributed by atoms with Crippen LogP contribution in [-0.2, 0) is 4.79 Å². The second-order valence-electron chi connectivity index (χ2n) is 1.45. The number of rotatable bonds is 4. The largest absolute Gasteiger partial charge is 0.310 e. The van der Waals surface area contributed by atoms with E-state index in [0.717, 1.165) is 6.54 Å². The third-order valence-electron chi connectivity index (χ3n) is 0.777. The Kier molecular flexibility index (Phi) is 4.17. The Morgan fingerprint density at radius 3 is 2.88 bits per heavy atom. The molecule has 0 aromatic rings. The Hall–Kier alpha value is -0.630. The van der Waals surface area contributed by atoms with E-state index in [1.807, 2.05) is 6.92 Å². The molecule has 0 aromatic heterocycles. The van der Waals surface area contributed by atoms with Crippen molar-refractivity contribution in [1.82, 2.24) is 5.32 Å². The lowest BCUT2D eigenvalue weighted by Gasteiger charge is -1.92. The molecule has 0 heterocycles. The highest BCUT2D eigenvalue weighted by Crippen LogP contribution is 1.67. The van der Waals surface area contributed by atoms with Crippen molar-refractivity contribution in [3.8, 4) is 0 Å². The summed E-state index contributed by atoms with van der Waals surface area (Å²) in [5.41, 5.74) is 0. The van der Waals surface area contributed by atoms with Gasteiger partial charge in [-0.1, -0.05) is 13.5 Å². The van der Waals surface area contributed by atoms with Gasteiger partial charge in [-0.15, -0.1) is 0 Å². The summed E-state index contributed by atoms with van der Waals surface area (Å²) in [4.78, 5) is 10.4. The predicted octanol–water partition coefficient (Wildman–Crippen LogP) is 0.351. The van der Waals surface area contributed by atoms with Crippen LogP contribution in [0.25, 0.3) is 0 Å². The third-order valence-corrected chi connectivity index (χ3v) is 0.777. The Morgan fingerprint density at radius 2 is 2.50 bits per heavy atom. The molecule has 0 bridgehead atoms. The minimum atomic E-state index is 0.0480. The molecule has 0 atom stereocenters. The number of carbonyl (C=O) groups is 1. The summed E-state index contributed by atoms with van der Waals surface area (Å²) in [7, 11) is 0. The van der Waals surface area contributed by atoms with Gasteiger partial charge in [0.05, 0.1) is 6.54 Å². The summed E-state index contributed by atoms with van der Waals surface area (Å²) >= 11 is 0. The van der Waals surface area contributed by atoms with Gasteiger partial charge in [0, 0.05) is 0 Å². The fraction of sp³-hybridized carbons (Fsp3) is 0.500. The molecule has 1 N–H and O–H groups in total. The van der Waals surface area contributed by atoms with Crippen molar-refractivity contribution in [3.05, 3.63) is 12.7 Å². The maximum absolute atomic E-state index is 10.4. The van der Waals surface area contributed by atoms with Gasteiger partial charge >= 0.3 is 0 Å². The topological polar surface area (TPSA) is 29.1 Å². The molecule has 0 saturated carbocycles. The van der Waals surface area contributed by atoms with Crippen LogP contribution in [0.15, 0.2) is 12.7 Å². The summed E-state index contributed by atoms with van der Waals surface area (Å²) in [6, 6.07) is 0. The van der Waals surface area contributed by atoms with Crippen LogP contribution >= 0.6 is 0 Å². The minimum Gasteiger partial charge on any atom is -0.310 e. The van der Waals surface area contributed by atoms with E-state index >= 15 is 0 Å². The highest BCUT2D eigenvalue weighted by molar-refractivity contribution is 5.90. The average Bonchev–Trinajstić information content (AvgIpc) is 1.83. The summed E-state index contributed by atoms with van der Waals surface area (Å²) < 4.78 is 0. The number of hydrogen-bond donors (Lipinski definition) is 1. The molecule has 46 valence electrons. The standard InChI is InChI=1S/C6H11NO/c1-3-6(8)5-7-4-2/h3,7H,1,4-5H2,2H3. The molecule has 0 fully saturated rings. The van der Waals surface area contributed by atoms with Crippen molar-refractivity contribution in [2.75, 3.05) is 13.1 Å². The lowest BCUT2D eigenvalue weighted by atomic mass is 10.4. The van der Waals surface area contributed by atoms with E-state index < -0.39 is 0 Å². The molecule has 0 aliphatic rings. The van der Waals surface area contributed by atoms with Crippen LogP contribution in [0.1, 0.15) is 6.92 Å². The van der Waals surface area contributed by atoms with Crippen molar-refractivity contribution in [2.45, 2.75) is 6.92 Å². The summed E-state index contributed by atoms with van der Waals surface area (Å²) in [6.07, 6.45) is 1.32. The molecule has 0 aromatic carbocycles. The average molecular weight is 113 g/mol. The lowest BCUT2D eigenvalue weighted by Crippen LogP contribution is -2.20. The normalized spacial score (nSPS) is 8.62. The highest BCUT2D eigenvalue weighted by Gasteiger charge is 1.88. The van der Waals surface area contributed by atoms with Gasteiger partial charge in [0.1, 0.15) is 0 Å². The maximum Gasteiger partial charge on any atom is 0.168 e. The SMILES string of the molecule is C=CC(=O)CNCC. The Bertz CT molecular complexity index is 88.5. The monoisotopic (exact) mass is 113 g/mol. The molecular formula is C6H11NO. The van der Waals surface area contributed by atoms with Crippen LogP contribution < -0.4 is 5.32 Å². The zero-order chi connectivity index (χ0) is 6.41. The van der Waals surface area contributed by atoms with E-state index in [1.165, 1.54) is 6.08 Å². The first-order valence-electron chi connectivity index (χ1n) is 2.67. The Labute approximate surface area is 49.6 Å². The van der Waals surface area contributed by atoms with Crippen molar-refractivity contribution in [1.29, 1.82) is 0 Å². The molecule has 0 unspecified atom stereocenters. The number of likely N-dealkylation sites (N-methyl/N-ethyl adjacent to an activating group) is 1. The Morgan fingerprint density at radius 1 is 1.88 bits per heavy atom. The molecule has 0 spiro atoms. The number of hydrogen-bond acceptors (Lipinski definition) is 2. The number of ketones is 1. The molecule has 8 heavy (non-hydrogen) atoms. The molecule has 0 aliphatic heterocycles. The third kappa shape index (κ3) is 3.56. The number of nitrogens with one attached hydrogen (secondary N) is 1. The summed E-state index contributed by atoms with van der Waals surface area (Å²) in [5, 5.41) is 2.88. The predicted molar refractivity (Wildman–Crippen MR) is 33.7 cm³/mol. The van der Waals surface area contributed by atoms with Crippen LogP contribution in [0, 0.1) is 0 Å². The van der Waals surface area contributed by atoms with Crippen LogP contribution in [0.4, 0.5) is 0 Å². The van der Waals surface area contributed by atoms with Crippen molar-refractivity contribution in [2.24, 2.45) is 0 Å². The molecule has 0 rings (SSSR count). The summed E-state index contributed by atoms with van der Waals surface area (Å²) in [6.45, 7) is 6.53. The molecule has 2 heteroatoms. The van der Waals surface area contributed by atoms with Crippen molar-refractivity contribution in [3.63, 3.8) is 0 Å². The van der Waals surface area contributed by atoms with E-state index in [2.05, 4.69) is 11.9 Å². The molecular weight excluding hydrogens is 102 g/mol. The smallest absolute Gasteiger partial charge is 0.168 e. The second-order valence-corrected chi connectivity index (χ2v) is 1.45. The Balaban J connectivity index is 3.11. The fourth-order valence-electron chi connectivity index (χ4n) is 0.320. The van der Waals surface area contributed by atoms with Gasteiger partial charge < -0.3 is 5.32 Å². The van der Waals surface area contributed by atoms with E-state index in [4.69, 9.17) is 0 Å². The van der Waals surface area contributed by atoms with Gasteiger partial charge in [0.15, 0.2) is 5.78 Å². The van der Waals surface area contributed by atoms with Crippen LogP contribution in [0.2, 0.25) is 0 Å². The second kappa shape index (κ2) is 4.53. The first kappa shape index (κ1) is 7.37. The van der Waals surface area contributed by atoms with Crippen LogP contribution in [-0.4, -0.2) is 18.9 Å². The van der Waals surface area contributed by atoms with Crippen molar-refractivity contribution >= 4 is 5.78 Å². The van der Waals surface area contributed by atoms with Gasteiger partial charge in [-0.3, -0.25) is 4.79 Å². The minimum absolute atomic E-state index is 0.0480. The molecule has 0 aliphatic carbocycles. The maximum atomic E-state index is 10.4. The van der Waals surface area contributed by atoms with Crippen molar-refractivity contribution < 1.29 is 4.79 Å².